The Kier molecular flexibility index (Phi) is 4.26. The number of rotatable bonds is 4. The van der Waals surface area contributed by atoms with Crippen LogP contribution in [0.3, 0.4) is 0 Å². The second kappa shape index (κ2) is 5.92. The molecule has 100 valence electrons. The number of aromatic nitrogens is 3. The van der Waals surface area contributed by atoms with Crippen molar-refractivity contribution in [2.24, 2.45) is 0 Å². The van der Waals surface area contributed by atoms with Gasteiger partial charge in [-0.2, -0.15) is 15.4 Å². The molecular formula is C12H11BrFN3O2. The molecule has 0 radical (unpaired) electrons. The Labute approximate surface area is 117 Å². The van der Waals surface area contributed by atoms with Crippen molar-refractivity contribution >= 4 is 21.9 Å². The molecule has 0 aliphatic carbocycles. The van der Waals surface area contributed by atoms with Crippen molar-refractivity contribution in [1.82, 2.24) is 15.4 Å². The molecule has 0 bridgehead atoms. The molecular weight excluding hydrogens is 317 g/mol. The molecule has 0 spiro atoms. The molecule has 1 heterocycles. The summed E-state index contributed by atoms with van der Waals surface area (Å²) in [4.78, 5) is 12.0. The van der Waals surface area contributed by atoms with E-state index in [1.54, 1.807) is 13.0 Å². The summed E-state index contributed by atoms with van der Waals surface area (Å²) < 4.78 is 19.6. The number of carbonyl (C=O) groups excluding carboxylic acids is 1. The van der Waals surface area contributed by atoms with Crippen molar-refractivity contribution in [3.05, 3.63) is 45.9 Å². The molecule has 0 saturated heterocycles. The first-order chi connectivity index (χ1) is 9.13. The lowest BCUT2D eigenvalue weighted by atomic mass is 9.96. The van der Waals surface area contributed by atoms with Gasteiger partial charge in [-0.1, -0.05) is 22.0 Å². The number of H-pyrrole nitrogens is 1. The largest absolute Gasteiger partial charge is 0.465 e. The van der Waals surface area contributed by atoms with Gasteiger partial charge in [0.2, 0.25) is 0 Å². The molecule has 0 amide bonds. The van der Waals surface area contributed by atoms with Gasteiger partial charge >= 0.3 is 5.97 Å². The van der Waals surface area contributed by atoms with Crippen molar-refractivity contribution in [1.29, 1.82) is 0 Å². The normalized spacial score (nSPS) is 12.2. The molecule has 0 saturated carbocycles. The number of hydrogen-bond donors (Lipinski definition) is 1. The highest BCUT2D eigenvalue weighted by atomic mass is 79.9. The van der Waals surface area contributed by atoms with E-state index in [-0.39, 0.29) is 12.2 Å². The first-order valence-corrected chi connectivity index (χ1v) is 6.40. The number of hydrogen-bond acceptors (Lipinski definition) is 4. The maximum Gasteiger partial charge on any atom is 0.319 e. The average Bonchev–Trinajstić information content (AvgIpc) is 2.86. The Balaban J connectivity index is 2.45. The Morgan fingerprint density at radius 3 is 2.95 bits per heavy atom. The van der Waals surface area contributed by atoms with Crippen LogP contribution in [0.1, 0.15) is 24.1 Å². The van der Waals surface area contributed by atoms with Crippen molar-refractivity contribution in [3.63, 3.8) is 0 Å². The lowest BCUT2D eigenvalue weighted by Gasteiger charge is -2.14. The lowest BCUT2D eigenvalue weighted by molar-refractivity contribution is -0.144. The predicted octanol–water partition coefficient (Wildman–Crippen LogP) is 2.40. The van der Waals surface area contributed by atoms with Crippen LogP contribution >= 0.6 is 15.9 Å². The van der Waals surface area contributed by atoms with Crippen LogP contribution in [0.25, 0.3) is 0 Å². The van der Waals surface area contributed by atoms with E-state index < -0.39 is 17.7 Å². The zero-order valence-corrected chi connectivity index (χ0v) is 11.6. The number of nitrogens with one attached hydrogen (secondary N) is 1. The Hall–Kier alpha value is -1.76. The van der Waals surface area contributed by atoms with Crippen molar-refractivity contribution in [2.75, 3.05) is 6.61 Å². The van der Waals surface area contributed by atoms with E-state index in [1.165, 1.54) is 18.3 Å². The topological polar surface area (TPSA) is 67.9 Å². The molecule has 0 aliphatic rings. The summed E-state index contributed by atoms with van der Waals surface area (Å²) >= 11 is 3.17. The van der Waals surface area contributed by atoms with Gasteiger partial charge in [0.1, 0.15) is 17.4 Å². The van der Waals surface area contributed by atoms with Gasteiger partial charge in [0, 0.05) is 10.0 Å². The van der Waals surface area contributed by atoms with Gasteiger partial charge in [-0.25, -0.2) is 4.39 Å². The van der Waals surface area contributed by atoms with Gasteiger partial charge in [-0.3, -0.25) is 4.79 Å². The number of nitrogens with zero attached hydrogens (tertiary/aromatic N) is 2. The molecule has 5 nitrogen and oxygen atoms in total. The van der Waals surface area contributed by atoms with Gasteiger partial charge in [0.25, 0.3) is 0 Å². The lowest BCUT2D eigenvalue weighted by Crippen LogP contribution is -2.19. The zero-order chi connectivity index (χ0) is 13.8. The van der Waals surface area contributed by atoms with E-state index in [0.29, 0.717) is 10.2 Å². The van der Waals surface area contributed by atoms with E-state index in [0.717, 1.165) is 0 Å². The Morgan fingerprint density at radius 2 is 2.37 bits per heavy atom. The SMILES string of the molecule is CCOC(=O)C(c1cn[nH]n1)c1ccc(Br)cc1F. The summed E-state index contributed by atoms with van der Waals surface area (Å²) in [5, 5.41) is 9.90. The highest BCUT2D eigenvalue weighted by molar-refractivity contribution is 9.10. The molecule has 2 rings (SSSR count). The van der Waals surface area contributed by atoms with E-state index in [4.69, 9.17) is 4.74 Å². The molecule has 1 aromatic carbocycles. The summed E-state index contributed by atoms with van der Waals surface area (Å²) in [7, 11) is 0. The molecule has 1 unspecified atom stereocenters. The molecule has 1 atom stereocenters. The molecule has 1 aromatic heterocycles. The third-order valence-electron chi connectivity index (χ3n) is 2.53. The second-order valence-electron chi connectivity index (χ2n) is 3.75. The fraction of sp³-hybridized carbons (Fsp3) is 0.250. The fourth-order valence-corrected chi connectivity index (χ4v) is 2.05. The number of esters is 1. The molecule has 19 heavy (non-hydrogen) atoms. The highest BCUT2D eigenvalue weighted by Gasteiger charge is 2.29. The van der Waals surface area contributed by atoms with Gasteiger partial charge in [-0.05, 0) is 19.1 Å². The third-order valence-corrected chi connectivity index (χ3v) is 3.02. The number of ether oxygens (including phenoxy) is 1. The molecule has 7 heteroatoms. The van der Waals surface area contributed by atoms with Crippen LogP contribution in [0, 0.1) is 5.82 Å². The number of aromatic amines is 1. The van der Waals surface area contributed by atoms with Crippen LogP contribution in [0.5, 0.6) is 0 Å². The fourth-order valence-electron chi connectivity index (χ4n) is 1.72. The van der Waals surface area contributed by atoms with E-state index in [2.05, 4.69) is 31.3 Å². The number of halogens is 2. The van der Waals surface area contributed by atoms with Crippen LogP contribution < -0.4 is 0 Å². The maximum atomic E-state index is 14.0. The zero-order valence-electron chi connectivity index (χ0n) is 10.1. The van der Waals surface area contributed by atoms with Crippen molar-refractivity contribution < 1.29 is 13.9 Å². The standard InChI is InChI=1S/C12H11BrFN3O2/c1-2-19-12(18)11(10-6-15-17-16-10)8-4-3-7(13)5-9(8)14/h3-6,11H,2H2,1H3,(H,15,16,17). The van der Waals surface area contributed by atoms with E-state index in [9.17, 15) is 9.18 Å². The van der Waals surface area contributed by atoms with Gasteiger partial charge < -0.3 is 4.74 Å². The molecule has 0 fully saturated rings. The third kappa shape index (κ3) is 2.98. The van der Waals surface area contributed by atoms with E-state index >= 15 is 0 Å². The van der Waals surface area contributed by atoms with Crippen LogP contribution in [-0.4, -0.2) is 28.0 Å². The minimum Gasteiger partial charge on any atom is -0.465 e. The summed E-state index contributed by atoms with van der Waals surface area (Å²) in [6.45, 7) is 1.90. The van der Waals surface area contributed by atoms with Crippen LogP contribution in [0.4, 0.5) is 4.39 Å². The van der Waals surface area contributed by atoms with Crippen molar-refractivity contribution in [3.8, 4) is 0 Å². The number of carbonyl (C=O) groups is 1. The Morgan fingerprint density at radius 1 is 1.58 bits per heavy atom. The Bertz CT molecular complexity index is 574. The maximum absolute atomic E-state index is 14.0. The van der Waals surface area contributed by atoms with Crippen LogP contribution in [0.2, 0.25) is 0 Å². The minimum atomic E-state index is -0.924. The quantitative estimate of drug-likeness (QED) is 0.875. The average molecular weight is 328 g/mol. The molecule has 0 aliphatic heterocycles. The first kappa shape index (κ1) is 13.7. The summed E-state index contributed by atoms with van der Waals surface area (Å²) in [5.74, 6) is -1.99. The molecule has 2 aromatic rings. The summed E-state index contributed by atoms with van der Waals surface area (Å²) in [6.07, 6.45) is 1.38. The molecule has 1 N–H and O–H groups in total. The highest BCUT2D eigenvalue weighted by Crippen LogP contribution is 2.28. The summed E-state index contributed by atoms with van der Waals surface area (Å²) in [6, 6.07) is 4.47. The van der Waals surface area contributed by atoms with Crippen LogP contribution in [-0.2, 0) is 9.53 Å². The van der Waals surface area contributed by atoms with Gasteiger partial charge in [0.15, 0.2) is 0 Å². The van der Waals surface area contributed by atoms with Crippen molar-refractivity contribution in [2.45, 2.75) is 12.8 Å². The van der Waals surface area contributed by atoms with E-state index in [1.807, 2.05) is 0 Å². The van der Waals surface area contributed by atoms with Crippen LogP contribution in [0.15, 0.2) is 28.9 Å². The smallest absolute Gasteiger partial charge is 0.319 e. The van der Waals surface area contributed by atoms with Gasteiger partial charge in [0.05, 0.1) is 12.8 Å². The second-order valence-corrected chi connectivity index (χ2v) is 4.66. The first-order valence-electron chi connectivity index (χ1n) is 5.60. The minimum absolute atomic E-state index is 0.204. The van der Waals surface area contributed by atoms with Gasteiger partial charge in [-0.15, -0.1) is 0 Å². The predicted molar refractivity (Wildman–Crippen MR) is 69.0 cm³/mol. The monoisotopic (exact) mass is 327 g/mol. The summed E-state index contributed by atoms with van der Waals surface area (Å²) in [5.41, 5.74) is 0.523. The number of benzene rings is 1.